The zero-order valence-electron chi connectivity index (χ0n) is 16.5. The fourth-order valence-corrected chi connectivity index (χ4v) is 3.08. The molecular weight excluding hydrogens is 304 g/mol. The van der Waals surface area contributed by atoms with E-state index in [1.54, 1.807) is 7.05 Å². The summed E-state index contributed by atoms with van der Waals surface area (Å²) in [6.45, 7) is 14.4. The van der Waals surface area contributed by atoms with Gasteiger partial charge in [-0.2, -0.15) is 0 Å². The predicted molar refractivity (Wildman–Crippen MR) is 99.2 cm³/mol. The zero-order chi connectivity index (χ0) is 18.4. The van der Waals surface area contributed by atoms with Crippen molar-refractivity contribution < 1.29 is 9.53 Å². The van der Waals surface area contributed by atoms with E-state index in [2.05, 4.69) is 41.7 Å². The minimum absolute atomic E-state index is 0.0426. The Hall–Kier alpha value is -1.30. The molecule has 0 spiro atoms. The molecule has 6 nitrogen and oxygen atoms in total. The van der Waals surface area contributed by atoms with Gasteiger partial charge < -0.3 is 20.7 Å². The van der Waals surface area contributed by atoms with Crippen molar-refractivity contribution in [3.05, 3.63) is 0 Å². The highest BCUT2D eigenvalue weighted by atomic mass is 16.5. The Balaban J connectivity index is 2.47. The molecule has 0 aromatic rings. The Morgan fingerprint density at radius 2 is 1.83 bits per heavy atom. The number of aliphatic imine (C=N–C) groups is 1. The average Bonchev–Trinajstić information content (AvgIpc) is 2.45. The third kappa shape index (κ3) is 7.51. The molecule has 0 aliphatic carbocycles. The SMILES string of the molecule is CN=C(NCC(=O)NC(C)(C)C)NCC1CCCOC1C(C)(C)C. The normalized spacial score (nSPS) is 22.9. The van der Waals surface area contributed by atoms with E-state index in [1.165, 1.54) is 0 Å². The largest absolute Gasteiger partial charge is 0.377 e. The van der Waals surface area contributed by atoms with Gasteiger partial charge in [0.15, 0.2) is 5.96 Å². The fourth-order valence-electron chi connectivity index (χ4n) is 3.08. The number of amides is 1. The van der Waals surface area contributed by atoms with Crippen LogP contribution in [0.4, 0.5) is 0 Å². The number of guanidine groups is 1. The lowest BCUT2D eigenvalue weighted by Gasteiger charge is -2.40. The molecule has 1 amide bonds. The minimum Gasteiger partial charge on any atom is -0.377 e. The smallest absolute Gasteiger partial charge is 0.239 e. The third-order valence-electron chi connectivity index (χ3n) is 3.98. The maximum atomic E-state index is 11.9. The maximum Gasteiger partial charge on any atom is 0.239 e. The molecule has 6 heteroatoms. The summed E-state index contributed by atoms with van der Waals surface area (Å²) < 4.78 is 6.01. The van der Waals surface area contributed by atoms with Gasteiger partial charge in [0.05, 0.1) is 12.6 Å². The van der Waals surface area contributed by atoms with E-state index in [0.29, 0.717) is 11.9 Å². The lowest BCUT2D eigenvalue weighted by Crippen LogP contribution is -2.50. The second-order valence-electron chi connectivity index (χ2n) is 8.66. The molecule has 1 heterocycles. The molecule has 3 N–H and O–H groups in total. The number of carbonyl (C=O) groups is 1. The van der Waals surface area contributed by atoms with Gasteiger partial charge in [0.1, 0.15) is 0 Å². The number of hydrogen-bond donors (Lipinski definition) is 3. The van der Waals surface area contributed by atoms with Crippen LogP contribution in [0, 0.1) is 11.3 Å². The molecule has 0 saturated carbocycles. The van der Waals surface area contributed by atoms with Gasteiger partial charge >= 0.3 is 0 Å². The van der Waals surface area contributed by atoms with Crippen LogP contribution in [0.3, 0.4) is 0 Å². The molecule has 2 unspecified atom stereocenters. The third-order valence-corrected chi connectivity index (χ3v) is 3.98. The minimum atomic E-state index is -0.227. The van der Waals surface area contributed by atoms with Crippen molar-refractivity contribution in [2.75, 3.05) is 26.7 Å². The van der Waals surface area contributed by atoms with Crippen LogP contribution in [-0.4, -0.2) is 50.3 Å². The van der Waals surface area contributed by atoms with E-state index in [1.807, 2.05) is 20.8 Å². The summed E-state index contributed by atoms with van der Waals surface area (Å²) in [7, 11) is 1.72. The molecule has 0 aromatic carbocycles. The average molecular weight is 341 g/mol. The summed E-state index contributed by atoms with van der Waals surface area (Å²) in [6.07, 6.45) is 2.48. The van der Waals surface area contributed by atoms with E-state index < -0.39 is 0 Å². The van der Waals surface area contributed by atoms with Gasteiger partial charge in [-0.3, -0.25) is 9.79 Å². The Morgan fingerprint density at radius 3 is 2.38 bits per heavy atom. The summed E-state index contributed by atoms with van der Waals surface area (Å²) in [5.41, 5.74) is -0.106. The van der Waals surface area contributed by atoms with Crippen molar-refractivity contribution in [2.24, 2.45) is 16.3 Å². The lowest BCUT2D eigenvalue weighted by atomic mass is 9.78. The highest BCUT2D eigenvalue weighted by Gasteiger charge is 2.35. The molecular formula is C18H36N4O2. The van der Waals surface area contributed by atoms with Crippen LogP contribution in [0.2, 0.25) is 0 Å². The number of ether oxygens (including phenoxy) is 1. The van der Waals surface area contributed by atoms with E-state index in [4.69, 9.17) is 4.74 Å². The molecule has 1 saturated heterocycles. The molecule has 140 valence electrons. The molecule has 1 aliphatic rings. The van der Waals surface area contributed by atoms with Gasteiger partial charge in [-0.05, 0) is 39.0 Å². The van der Waals surface area contributed by atoms with Gasteiger partial charge in [0.2, 0.25) is 5.91 Å². The first-order chi connectivity index (χ1) is 11.0. The van der Waals surface area contributed by atoms with Crippen molar-refractivity contribution >= 4 is 11.9 Å². The molecule has 1 aliphatic heterocycles. The van der Waals surface area contributed by atoms with Crippen LogP contribution >= 0.6 is 0 Å². The van der Waals surface area contributed by atoms with Crippen LogP contribution in [0.1, 0.15) is 54.4 Å². The number of nitrogens with one attached hydrogen (secondary N) is 3. The summed E-state index contributed by atoms with van der Waals surface area (Å²) >= 11 is 0. The van der Waals surface area contributed by atoms with Crippen LogP contribution in [0.15, 0.2) is 4.99 Å². The molecule has 1 rings (SSSR count). The maximum absolute atomic E-state index is 11.9. The van der Waals surface area contributed by atoms with Crippen LogP contribution in [0.5, 0.6) is 0 Å². The quantitative estimate of drug-likeness (QED) is 0.540. The van der Waals surface area contributed by atoms with E-state index in [0.717, 1.165) is 26.0 Å². The molecule has 0 aromatic heterocycles. The summed E-state index contributed by atoms with van der Waals surface area (Å²) in [5.74, 6) is 1.05. The number of nitrogens with zero attached hydrogens (tertiary/aromatic N) is 1. The van der Waals surface area contributed by atoms with E-state index >= 15 is 0 Å². The van der Waals surface area contributed by atoms with Gasteiger partial charge in [0.25, 0.3) is 0 Å². The number of rotatable bonds is 4. The first-order valence-corrected chi connectivity index (χ1v) is 8.90. The number of carbonyl (C=O) groups excluding carboxylic acids is 1. The van der Waals surface area contributed by atoms with Gasteiger partial charge in [-0.1, -0.05) is 20.8 Å². The second-order valence-corrected chi connectivity index (χ2v) is 8.66. The topological polar surface area (TPSA) is 74.8 Å². The van der Waals surface area contributed by atoms with Gasteiger partial charge in [0, 0.05) is 31.7 Å². The predicted octanol–water partition coefficient (Wildman–Crippen LogP) is 1.91. The van der Waals surface area contributed by atoms with Crippen LogP contribution in [0.25, 0.3) is 0 Å². The fraction of sp³-hybridized carbons (Fsp3) is 0.889. The number of hydrogen-bond acceptors (Lipinski definition) is 3. The van der Waals surface area contributed by atoms with Crippen molar-refractivity contribution in [3.63, 3.8) is 0 Å². The van der Waals surface area contributed by atoms with Crippen molar-refractivity contribution in [2.45, 2.75) is 66.0 Å². The summed E-state index contributed by atoms with van der Waals surface area (Å²) in [6, 6.07) is 0. The molecule has 0 radical (unpaired) electrons. The van der Waals surface area contributed by atoms with E-state index in [9.17, 15) is 4.79 Å². The van der Waals surface area contributed by atoms with Crippen molar-refractivity contribution in [1.29, 1.82) is 0 Å². The van der Waals surface area contributed by atoms with Gasteiger partial charge in [-0.15, -0.1) is 0 Å². The highest BCUT2D eigenvalue weighted by Crippen LogP contribution is 2.33. The molecule has 0 bridgehead atoms. The van der Waals surface area contributed by atoms with Crippen LogP contribution in [-0.2, 0) is 9.53 Å². The van der Waals surface area contributed by atoms with Crippen molar-refractivity contribution in [1.82, 2.24) is 16.0 Å². The molecule has 2 atom stereocenters. The lowest BCUT2D eigenvalue weighted by molar-refractivity contribution is -0.121. The summed E-state index contributed by atoms with van der Waals surface area (Å²) in [5, 5.41) is 9.34. The Labute approximate surface area is 147 Å². The van der Waals surface area contributed by atoms with Crippen molar-refractivity contribution in [3.8, 4) is 0 Å². The zero-order valence-corrected chi connectivity index (χ0v) is 16.5. The first kappa shape index (κ1) is 20.7. The molecule has 1 fully saturated rings. The van der Waals surface area contributed by atoms with E-state index in [-0.39, 0.29) is 29.5 Å². The Morgan fingerprint density at radius 1 is 1.17 bits per heavy atom. The second kappa shape index (κ2) is 8.70. The Kier molecular flexibility index (Phi) is 7.52. The highest BCUT2D eigenvalue weighted by molar-refractivity contribution is 5.86. The standard InChI is InChI=1S/C18H36N4O2/c1-17(2,3)15-13(9-8-10-24-15)11-20-16(19-7)21-12-14(23)22-18(4,5)6/h13,15H,8-12H2,1-7H3,(H,22,23)(H2,19,20,21). The van der Waals surface area contributed by atoms with Crippen LogP contribution < -0.4 is 16.0 Å². The summed E-state index contributed by atoms with van der Waals surface area (Å²) in [4.78, 5) is 16.1. The first-order valence-electron chi connectivity index (χ1n) is 8.90. The monoisotopic (exact) mass is 340 g/mol. The molecule has 24 heavy (non-hydrogen) atoms. The van der Waals surface area contributed by atoms with Gasteiger partial charge in [-0.25, -0.2) is 0 Å². The Bertz CT molecular complexity index is 435.